The molecule has 11 heavy (non-hydrogen) atoms. The van der Waals surface area contributed by atoms with Crippen LogP contribution in [0.1, 0.15) is 0 Å². The average Bonchev–Trinajstić information content (AvgIpc) is 1.58. The Bertz CT molecular complexity index is 394. The molecule has 0 amide bonds. The van der Waals surface area contributed by atoms with E-state index in [4.69, 9.17) is 0 Å². The second kappa shape index (κ2) is 2.38. The molecule has 0 aromatic heterocycles. The van der Waals surface area contributed by atoms with Gasteiger partial charge in [-0.15, -0.1) is 0 Å². The summed E-state index contributed by atoms with van der Waals surface area (Å²) in [6, 6.07) is 0. The summed E-state index contributed by atoms with van der Waals surface area (Å²) in [6.45, 7) is 0. The molecule has 0 unspecified atom stereocenters. The van der Waals surface area contributed by atoms with Gasteiger partial charge >= 0.3 is 26.0 Å². The Kier molecular flexibility index (Phi) is 2.33. The van der Waals surface area contributed by atoms with Gasteiger partial charge in [0, 0.05) is 0 Å². The monoisotopic (exact) mass is 224 g/mol. The Morgan fingerprint density at radius 1 is 0.636 bits per heavy atom. The lowest BCUT2D eigenvalue weighted by Crippen LogP contribution is -2.34. The van der Waals surface area contributed by atoms with Crippen LogP contribution >= 0.6 is 0 Å². The Hall–Kier alpha value is -0.230. The molecule has 0 saturated carbocycles. The van der Waals surface area contributed by atoms with Crippen LogP contribution in [0, 0.1) is 0 Å². The summed E-state index contributed by atoms with van der Waals surface area (Å²) < 4.78 is 60.6. The maximum atomic E-state index is 10.2. The third-order valence-corrected chi connectivity index (χ3v) is 8.54. The molecule has 0 aliphatic heterocycles. The van der Waals surface area contributed by atoms with E-state index in [0.717, 1.165) is 0 Å². The fourth-order valence-corrected chi connectivity index (χ4v) is 3.57. The smallest absolute Gasteiger partial charge is 0.215 e. The van der Waals surface area contributed by atoms with Gasteiger partial charge in [-0.25, -0.2) is 10.3 Å². The summed E-state index contributed by atoms with van der Waals surface area (Å²) in [5.74, 6) is 0. The van der Waals surface area contributed by atoms with E-state index in [-0.39, 0.29) is 0 Å². The maximum absolute atomic E-state index is 10.2. The molecule has 0 rings (SSSR count). The van der Waals surface area contributed by atoms with E-state index in [9.17, 15) is 25.3 Å². The highest BCUT2D eigenvalue weighted by molar-refractivity contribution is 8.98. The van der Waals surface area contributed by atoms with Crippen LogP contribution in [0.5, 0.6) is 0 Å². The van der Waals surface area contributed by atoms with E-state index < -0.39 is 26.0 Å². The van der Waals surface area contributed by atoms with Crippen molar-refractivity contribution in [3.8, 4) is 0 Å². The van der Waals surface area contributed by atoms with Crippen molar-refractivity contribution < 1.29 is 25.3 Å². The molecule has 0 spiro atoms. The summed E-state index contributed by atoms with van der Waals surface area (Å²) in [5, 5.41) is 8.05. The van der Waals surface area contributed by atoms with Gasteiger partial charge in [0.2, 0.25) is 0 Å². The Morgan fingerprint density at radius 3 is 0.818 bits per heavy atom. The van der Waals surface area contributed by atoms with Crippen LogP contribution in [0.3, 0.4) is 0 Å². The normalized spacial score (nSPS) is 14.7. The minimum Gasteiger partial charge on any atom is -0.215 e. The SMILES string of the molecule is NS(=O)(=O)S(=O)(=O)S(N)(=O)=O. The van der Waals surface area contributed by atoms with E-state index in [0.29, 0.717) is 0 Å². The van der Waals surface area contributed by atoms with Crippen molar-refractivity contribution in [3.05, 3.63) is 0 Å². The van der Waals surface area contributed by atoms with Crippen molar-refractivity contribution in [3.63, 3.8) is 0 Å². The highest BCUT2D eigenvalue weighted by Crippen LogP contribution is 2.02. The van der Waals surface area contributed by atoms with Crippen molar-refractivity contribution in [2.24, 2.45) is 10.3 Å². The predicted molar refractivity (Wildman–Crippen MR) is 35.1 cm³/mol. The molecule has 0 fully saturated rings. The van der Waals surface area contributed by atoms with Crippen LogP contribution < -0.4 is 10.3 Å². The lowest BCUT2D eigenvalue weighted by molar-refractivity contribution is 0.579. The zero-order valence-corrected chi connectivity index (χ0v) is 7.28. The van der Waals surface area contributed by atoms with Gasteiger partial charge in [0.1, 0.15) is 0 Å². The molecule has 0 radical (unpaired) electrons. The van der Waals surface area contributed by atoms with Crippen molar-refractivity contribution in [2.75, 3.05) is 0 Å². The van der Waals surface area contributed by atoms with E-state index >= 15 is 0 Å². The fourth-order valence-electron chi connectivity index (χ4n) is 0.132. The molecule has 0 aromatic carbocycles. The molecule has 0 bridgehead atoms. The zero-order chi connectivity index (χ0) is 9.50. The number of hydrogen-bond acceptors (Lipinski definition) is 6. The average molecular weight is 224 g/mol. The fraction of sp³-hybridized carbons (Fsp3) is 0. The van der Waals surface area contributed by atoms with E-state index in [1.165, 1.54) is 0 Å². The first-order valence-corrected chi connectivity index (χ1v) is 7.41. The molecule has 0 aromatic rings. The quantitative estimate of drug-likeness (QED) is 0.471. The Balaban J connectivity index is 5.92. The standard InChI is InChI=1S/H4N2O6S3/c1-9(3,4)11(7,8)10(2,5)6/h(H2,1,3,4)(H2,2,5,6). The lowest BCUT2D eigenvalue weighted by atomic mass is 13.9. The number of hydrogen-bond donors (Lipinski definition) is 2. The van der Waals surface area contributed by atoms with Gasteiger partial charge in [-0.3, -0.25) is 0 Å². The first-order valence-electron chi connectivity index (χ1n) is 1.80. The summed E-state index contributed by atoms with van der Waals surface area (Å²) in [4.78, 5) is 0. The molecular weight excluding hydrogens is 220 g/mol. The summed E-state index contributed by atoms with van der Waals surface area (Å²) in [5.41, 5.74) is 0. The molecule has 11 heteroatoms. The van der Waals surface area contributed by atoms with Gasteiger partial charge in [-0.1, -0.05) is 0 Å². The minimum absolute atomic E-state index is 4.02. The summed E-state index contributed by atoms with van der Waals surface area (Å²) in [7, 11) is -15.9. The lowest BCUT2D eigenvalue weighted by Gasteiger charge is -1.95. The predicted octanol–water partition coefficient (Wildman–Crippen LogP) is -3.19. The van der Waals surface area contributed by atoms with Gasteiger partial charge in [0.25, 0.3) is 0 Å². The van der Waals surface area contributed by atoms with Crippen molar-refractivity contribution in [1.29, 1.82) is 0 Å². The van der Waals surface area contributed by atoms with Crippen LogP contribution in [-0.2, 0) is 26.0 Å². The maximum Gasteiger partial charge on any atom is 0.384 e. The van der Waals surface area contributed by atoms with Gasteiger partial charge in [-0.2, -0.15) is 25.3 Å². The minimum atomic E-state index is -5.51. The van der Waals surface area contributed by atoms with Gasteiger partial charge in [0.15, 0.2) is 0 Å². The first-order chi connectivity index (χ1) is 4.50. The summed E-state index contributed by atoms with van der Waals surface area (Å²) in [6.07, 6.45) is 0. The van der Waals surface area contributed by atoms with Gasteiger partial charge in [-0.05, 0) is 0 Å². The van der Waals surface area contributed by atoms with Crippen molar-refractivity contribution >= 4 is 26.0 Å². The summed E-state index contributed by atoms with van der Waals surface area (Å²) >= 11 is 0. The second-order valence-electron chi connectivity index (χ2n) is 1.39. The first kappa shape index (κ1) is 10.8. The highest BCUT2D eigenvalue weighted by atomic mass is 33.6. The molecule has 0 atom stereocenters. The third kappa shape index (κ3) is 1.87. The molecule has 0 heterocycles. The highest BCUT2D eigenvalue weighted by Gasteiger charge is 2.37. The second-order valence-corrected chi connectivity index (χ2v) is 10.2. The number of nitrogens with two attached hydrogens (primary N) is 2. The third-order valence-electron chi connectivity index (χ3n) is 0.569. The molecular formula is H4N2O6S3. The molecule has 68 valence electrons. The van der Waals surface area contributed by atoms with Gasteiger partial charge < -0.3 is 0 Å². The molecule has 0 aliphatic carbocycles. The van der Waals surface area contributed by atoms with Crippen LogP contribution in [-0.4, -0.2) is 25.3 Å². The van der Waals surface area contributed by atoms with Crippen molar-refractivity contribution in [1.82, 2.24) is 0 Å². The van der Waals surface area contributed by atoms with Crippen LogP contribution in [0.15, 0.2) is 0 Å². The van der Waals surface area contributed by atoms with Crippen LogP contribution in [0.25, 0.3) is 0 Å². The zero-order valence-electron chi connectivity index (χ0n) is 4.83. The Morgan fingerprint density at radius 2 is 0.818 bits per heavy atom. The van der Waals surface area contributed by atoms with E-state index in [1.807, 2.05) is 0 Å². The van der Waals surface area contributed by atoms with E-state index in [1.54, 1.807) is 0 Å². The molecule has 0 saturated heterocycles. The topological polar surface area (TPSA) is 154 Å². The van der Waals surface area contributed by atoms with Crippen molar-refractivity contribution in [2.45, 2.75) is 0 Å². The Labute approximate surface area is 62.0 Å². The molecule has 0 aliphatic rings. The van der Waals surface area contributed by atoms with Gasteiger partial charge in [0.05, 0.1) is 0 Å². The van der Waals surface area contributed by atoms with Crippen LogP contribution in [0.4, 0.5) is 0 Å². The molecule has 4 N–H and O–H groups in total. The van der Waals surface area contributed by atoms with E-state index in [2.05, 4.69) is 10.3 Å². The largest absolute Gasteiger partial charge is 0.384 e. The number of rotatable bonds is 2. The molecule has 8 nitrogen and oxygen atoms in total. The van der Waals surface area contributed by atoms with Crippen LogP contribution in [0.2, 0.25) is 0 Å².